The smallest absolute Gasteiger partial charge is 0.0257 e. The molecule has 0 radical (unpaired) electrons. The SMILES string of the molecule is NNCC(CNN)(CNN)CNN. The maximum atomic E-state index is 5.25. The minimum Gasteiger partial charge on any atom is -0.271 e. The molecule has 0 aromatic carbocycles. The van der Waals surface area contributed by atoms with Gasteiger partial charge in [0, 0.05) is 31.6 Å². The van der Waals surface area contributed by atoms with Crippen LogP contribution in [-0.2, 0) is 0 Å². The Balaban J connectivity index is 4.19. The van der Waals surface area contributed by atoms with E-state index >= 15 is 0 Å². The molecule has 0 bridgehead atoms. The minimum atomic E-state index is -0.243. The van der Waals surface area contributed by atoms with Crippen molar-refractivity contribution in [3.05, 3.63) is 0 Å². The lowest BCUT2D eigenvalue weighted by Crippen LogP contribution is -2.57. The third kappa shape index (κ3) is 4.45. The summed E-state index contributed by atoms with van der Waals surface area (Å²) in [5.74, 6) is 21.0. The van der Waals surface area contributed by atoms with E-state index < -0.39 is 0 Å². The first kappa shape index (κ1) is 12.7. The molecular formula is C5H20N8. The van der Waals surface area contributed by atoms with Crippen LogP contribution < -0.4 is 45.1 Å². The number of nitrogens with two attached hydrogens (primary N) is 4. The largest absolute Gasteiger partial charge is 0.271 e. The molecule has 0 saturated heterocycles. The van der Waals surface area contributed by atoms with Crippen molar-refractivity contribution in [3.63, 3.8) is 0 Å². The average Bonchev–Trinajstić information content (AvgIpc) is 2.06. The molecule has 0 aliphatic rings. The summed E-state index contributed by atoms with van der Waals surface area (Å²) in [5, 5.41) is 0. The predicted octanol–water partition coefficient (Wildman–Crippen LogP) is -4.17. The van der Waals surface area contributed by atoms with E-state index in [9.17, 15) is 0 Å². The van der Waals surface area contributed by atoms with Crippen molar-refractivity contribution in [2.45, 2.75) is 0 Å². The average molecular weight is 192 g/mol. The fourth-order valence-electron chi connectivity index (χ4n) is 1.24. The molecule has 0 aliphatic carbocycles. The van der Waals surface area contributed by atoms with Crippen LogP contribution in [0, 0.1) is 5.41 Å². The van der Waals surface area contributed by atoms with Crippen LogP contribution in [-0.4, -0.2) is 26.2 Å². The van der Waals surface area contributed by atoms with Crippen LogP contribution in [0.3, 0.4) is 0 Å². The molecule has 12 N–H and O–H groups in total. The van der Waals surface area contributed by atoms with Crippen molar-refractivity contribution in [3.8, 4) is 0 Å². The Labute approximate surface area is 77.6 Å². The molecule has 13 heavy (non-hydrogen) atoms. The number of hydrogen-bond acceptors (Lipinski definition) is 8. The first-order valence-corrected chi connectivity index (χ1v) is 3.98. The van der Waals surface area contributed by atoms with Gasteiger partial charge < -0.3 is 0 Å². The molecule has 0 spiro atoms. The van der Waals surface area contributed by atoms with E-state index in [2.05, 4.69) is 21.7 Å². The van der Waals surface area contributed by atoms with Crippen LogP contribution in [0.2, 0.25) is 0 Å². The van der Waals surface area contributed by atoms with Crippen molar-refractivity contribution in [1.29, 1.82) is 0 Å². The van der Waals surface area contributed by atoms with Crippen LogP contribution in [0.1, 0.15) is 0 Å². The molecule has 0 fully saturated rings. The van der Waals surface area contributed by atoms with Crippen LogP contribution in [0.5, 0.6) is 0 Å². The Bertz CT molecular complexity index is 87.6. The summed E-state index contributed by atoms with van der Waals surface area (Å²) >= 11 is 0. The summed E-state index contributed by atoms with van der Waals surface area (Å²) in [6.45, 7) is 2.19. The summed E-state index contributed by atoms with van der Waals surface area (Å²) in [5.41, 5.74) is 10.1. The van der Waals surface area contributed by atoms with Gasteiger partial charge in [-0.1, -0.05) is 0 Å². The van der Waals surface area contributed by atoms with E-state index in [4.69, 9.17) is 23.4 Å². The lowest BCUT2D eigenvalue weighted by Gasteiger charge is -2.32. The maximum Gasteiger partial charge on any atom is 0.0257 e. The van der Waals surface area contributed by atoms with Gasteiger partial charge in [-0.05, 0) is 0 Å². The first-order valence-electron chi connectivity index (χ1n) is 3.98. The third-order valence-corrected chi connectivity index (χ3v) is 1.91. The molecule has 0 aliphatic heterocycles. The van der Waals surface area contributed by atoms with E-state index in [1.165, 1.54) is 0 Å². The van der Waals surface area contributed by atoms with Crippen molar-refractivity contribution in [2.75, 3.05) is 26.2 Å². The predicted molar refractivity (Wildman–Crippen MR) is 51.2 cm³/mol. The lowest BCUT2D eigenvalue weighted by atomic mass is 9.88. The Hall–Kier alpha value is -0.320. The molecule has 80 valence electrons. The lowest BCUT2D eigenvalue weighted by molar-refractivity contribution is 0.239. The zero-order chi connectivity index (χ0) is 10.2. The van der Waals surface area contributed by atoms with Gasteiger partial charge in [0.2, 0.25) is 0 Å². The van der Waals surface area contributed by atoms with Gasteiger partial charge in [-0.2, -0.15) is 0 Å². The summed E-state index contributed by atoms with van der Waals surface area (Å²) in [6.07, 6.45) is 0. The molecule has 0 unspecified atom stereocenters. The molecule has 0 aromatic rings. The van der Waals surface area contributed by atoms with Crippen molar-refractivity contribution in [2.24, 2.45) is 28.8 Å². The molecule has 0 aromatic heterocycles. The summed E-state index contributed by atoms with van der Waals surface area (Å²) in [4.78, 5) is 0. The zero-order valence-electron chi connectivity index (χ0n) is 7.64. The molecule has 8 nitrogen and oxygen atoms in total. The Kier molecular flexibility index (Phi) is 6.94. The molecule has 8 heteroatoms. The molecule has 0 atom stereocenters. The number of hydrogen-bond donors (Lipinski definition) is 8. The molecule has 0 amide bonds. The first-order chi connectivity index (χ1) is 6.24. The highest BCUT2D eigenvalue weighted by molar-refractivity contribution is 4.85. The van der Waals surface area contributed by atoms with Gasteiger partial charge in [0.15, 0.2) is 0 Å². The topological polar surface area (TPSA) is 152 Å². The standard InChI is InChI=1S/C5H20N8/c6-10-1-5(2-11-7,3-12-8)4-13-9/h10-13H,1-4,6-9H2. The summed E-state index contributed by atoms with van der Waals surface area (Å²) in [7, 11) is 0. The highest BCUT2D eigenvalue weighted by atomic mass is 15.3. The minimum absolute atomic E-state index is 0.243. The number of nitrogens with one attached hydrogen (secondary N) is 4. The van der Waals surface area contributed by atoms with E-state index in [-0.39, 0.29) is 5.41 Å². The van der Waals surface area contributed by atoms with E-state index in [0.29, 0.717) is 26.2 Å². The van der Waals surface area contributed by atoms with Crippen LogP contribution in [0.15, 0.2) is 0 Å². The van der Waals surface area contributed by atoms with Crippen LogP contribution in [0.25, 0.3) is 0 Å². The second kappa shape index (κ2) is 7.12. The van der Waals surface area contributed by atoms with Crippen molar-refractivity contribution < 1.29 is 0 Å². The van der Waals surface area contributed by atoms with Gasteiger partial charge in [0.1, 0.15) is 0 Å². The Morgan fingerprint density at radius 1 is 0.615 bits per heavy atom. The fraction of sp³-hybridized carbons (Fsp3) is 1.00. The van der Waals surface area contributed by atoms with E-state index in [1.54, 1.807) is 0 Å². The van der Waals surface area contributed by atoms with Gasteiger partial charge in [-0.3, -0.25) is 45.1 Å². The van der Waals surface area contributed by atoms with Crippen LogP contribution in [0.4, 0.5) is 0 Å². The van der Waals surface area contributed by atoms with E-state index in [0.717, 1.165) is 0 Å². The maximum absolute atomic E-state index is 5.25. The highest BCUT2D eigenvalue weighted by Crippen LogP contribution is 2.11. The molecular weight excluding hydrogens is 172 g/mol. The molecule has 0 saturated carbocycles. The number of rotatable bonds is 8. The Morgan fingerprint density at radius 2 is 0.846 bits per heavy atom. The Morgan fingerprint density at radius 3 is 1.00 bits per heavy atom. The molecule has 0 rings (SSSR count). The molecule has 0 heterocycles. The van der Waals surface area contributed by atoms with Gasteiger partial charge >= 0.3 is 0 Å². The van der Waals surface area contributed by atoms with Gasteiger partial charge in [-0.25, -0.2) is 0 Å². The normalized spacial score (nSPS) is 12.0. The number of hydrazine groups is 4. The quantitative estimate of drug-likeness (QED) is 0.142. The van der Waals surface area contributed by atoms with Gasteiger partial charge in [0.05, 0.1) is 0 Å². The van der Waals surface area contributed by atoms with E-state index in [1.807, 2.05) is 0 Å². The van der Waals surface area contributed by atoms with Crippen molar-refractivity contribution in [1.82, 2.24) is 21.7 Å². The van der Waals surface area contributed by atoms with Gasteiger partial charge in [0.25, 0.3) is 0 Å². The van der Waals surface area contributed by atoms with Gasteiger partial charge in [-0.15, -0.1) is 0 Å². The third-order valence-electron chi connectivity index (χ3n) is 1.91. The second-order valence-corrected chi connectivity index (χ2v) is 3.02. The summed E-state index contributed by atoms with van der Waals surface area (Å²) in [6, 6.07) is 0. The van der Waals surface area contributed by atoms with Crippen molar-refractivity contribution >= 4 is 0 Å². The fourth-order valence-corrected chi connectivity index (χ4v) is 1.24. The monoisotopic (exact) mass is 192 g/mol. The highest BCUT2D eigenvalue weighted by Gasteiger charge is 2.28. The van der Waals surface area contributed by atoms with Crippen LogP contribution >= 0.6 is 0 Å². The second-order valence-electron chi connectivity index (χ2n) is 3.02. The zero-order valence-corrected chi connectivity index (χ0v) is 7.64. The summed E-state index contributed by atoms with van der Waals surface area (Å²) < 4.78 is 0.